The lowest BCUT2D eigenvalue weighted by Crippen LogP contribution is -2.32. The maximum Gasteiger partial charge on any atom is 0.250 e. The highest BCUT2D eigenvalue weighted by Gasteiger charge is 2.27. The molecule has 0 fully saturated rings. The number of halogens is 2. The number of rotatable bonds is 4. The quantitative estimate of drug-likeness (QED) is 0.519. The van der Waals surface area contributed by atoms with Crippen LogP contribution in [0.3, 0.4) is 0 Å². The molecule has 0 aliphatic carbocycles. The fourth-order valence-electron chi connectivity index (χ4n) is 2.72. The average Bonchev–Trinajstić information content (AvgIpc) is 3.24. The predicted molar refractivity (Wildman–Crippen MR) is 121 cm³/mol. The number of fused-ring (bicyclic) bond motifs is 1. The lowest BCUT2D eigenvalue weighted by molar-refractivity contribution is 0.369. The maximum absolute atomic E-state index is 14.3. The average molecular weight is 446 g/mol. The van der Waals surface area contributed by atoms with Crippen LogP contribution in [0.25, 0.3) is 5.70 Å². The molecule has 2 aromatic heterocycles. The molecular weight excluding hydrogens is 425 g/mol. The van der Waals surface area contributed by atoms with Crippen molar-refractivity contribution in [3.8, 4) is 5.88 Å². The SMILES string of the molecule is C=C1c2ccnn2N=C(SCc2ccc(Cl)cc2)N1c1cnc(OC)c(F)c1.CC. The van der Waals surface area contributed by atoms with Crippen molar-refractivity contribution in [1.29, 1.82) is 0 Å². The second-order valence-corrected chi connectivity index (χ2v) is 7.25. The summed E-state index contributed by atoms with van der Waals surface area (Å²) in [5.74, 6) is 0.0141. The third-order valence-corrected chi connectivity index (χ3v) is 5.34. The topological polar surface area (TPSA) is 55.5 Å². The van der Waals surface area contributed by atoms with E-state index >= 15 is 0 Å². The zero-order chi connectivity index (χ0) is 21.7. The van der Waals surface area contributed by atoms with Gasteiger partial charge >= 0.3 is 0 Å². The van der Waals surface area contributed by atoms with E-state index < -0.39 is 5.82 Å². The van der Waals surface area contributed by atoms with Crippen molar-refractivity contribution >= 4 is 39.9 Å². The number of hydrogen-bond donors (Lipinski definition) is 0. The molecule has 0 spiro atoms. The summed E-state index contributed by atoms with van der Waals surface area (Å²) < 4.78 is 19.2. The van der Waals surface area contributed by atoms with Gasteiger partial charge in [-0.25, -0.2) is 9.37 Å². The largest absolute Gasteiger partial charge is 0.479 e. The number of aromatic nitrogens is 3. The molecule has 3 aromatic rings. The Kier molecular flexibility index (Phi) is 7.12. The Bertz CT molecular complexity index is 1070. The van der Waals surface area contributed by atoms with Crippen LogP contribution in [-0.2, 0) is 5.75 Å². The monoisotopic (exact) mass is 445 g/mol. The number of benzene rings is 1. The molecular formula is C21H21ClFN5OS. The van der Waals surface area contributed by atoms with E-state index in [1.54, 1.807) is 17.2 Å². The summed E-state index contributed by atoms with van der Waals surface area (Å²) >= 11 is 7.43. The van der Waals surface area contributed by atoms with Gasteiger partial charge in [0, 0.05) is 16.8 Å². The second kappa shape index (κ2) is 9.77. The van der Waals surface area contributed by atoms with Crippen LogP contribution in [0.15, 0.2) is 60.5 Å². The molecule has 1 aromatic carbocycles. The number of pyridine rings is 1. The molecule has 0 saturated heterocycles. The fourth-order valence-corrected chi connectivity index (χ4v) is 3.81. The van der Waals surface area contributed by atoms with E-state index in [0.717, 1.165) is 5.56 Å². The summed E-state index contributed by atoms with van der Waals surface area (Å²) in [6.07, 6.45) is 3.17. The molecule has 0 saturated carbocycles. The van der Waals surface area contributed by atoms with Gasteiger partial charge in [0.1, 0.15) is 5.69 Å². The van der Waals surface area contributed by atoms with Gasteiger partial charge in [0.15, 0.2) is 11.0 Å². The molecule has 156 valence electrons. The summed E-state index contributed by atoms with van der Waals surface area (Å²) in [4.78, 5) is 7.30. The molecule has 3 heterocycles. The van der Waals surface area contributed by atoms with Crippen LogP contribution in [0.5, 0.6) is 5.88 Å². The van der Waals surface area contributed by atoms with Crippen molar-refractivity contribution in [3.63, 3.8) is 0 Å². The van der Waals surface area contributed by atoms with Crippen LogP contribution in [0.1, 0.15) is 25.1 Å². The van der Waals surface area contributed by atoms with E-state index in [9.17, 15) is 4.39 Å². The van der Waals surface area contributed by atoms with Crippen molar-refractivity contribution in [2.75, 3.05) is 12.0 Å². The van der Waals surface area contributed by atoms with Crippen LogP contribution in [-0.4, -0.2) is 27.2 Å². The first-order valence-electron chi connectivity index (χ1n) is 9.26. The highest BCUT2D eigenvalue weighted by Crippen LogP contribution is 2.34. The van der Waals surface area contributed by atoms with Gasteiger partial charge in [0.05, 0.1) is 30.9 Å². The number of amidine groups is 1. The molecule has 0 atom stereocenters. The van der Waals surface area contributed by atoms with Gasteiger partial charge in [-0.15, -0.1) is 9.89 Å². The van der Waals surface area contributed by atoms with E-state index in [-0.39, 0.29) is 5.88 Å². The minimum Gasteiger partial charge on any atom is -0.479 e. The Morgan fingerprint density at radius 3 is 2.60 bits per heavy atom. The van der Waals surface area contributed by atoms with Crippen molar-refractivity contribution in [2.45, 2.75) is 19.6 Å². The van der Waals surface area contributed by atoms with Crippen LogP contribution in [0, 0.1) is 5.82 Å². The number of nitrogens with zero attached hydrogens (tertiary/aromatic N) is 5. The third kappa shape index (κ3) is 4.49. The van der Waals surface area contributed by atoms with Gasteiger partial charge in [-0.05, 0) is 23.8 Å². The smallest absolute Gasteiger partial charge is 0.250 e. The summed E-state index contributed by atoms with van der Waals surface area (Å²) in [5.41, 5.74) is 2.91. The van der Waals surface area contributed by atoms with Crippen LogP contribution in [0.4, 0.5) is 10.1 Å². The zero-order valence-corrected chi connectivity index (χ0v) is 18.4. The van der Waals surface area contributed by atoms with E-state index in [0.29, 0.717) is 33.0 Å². The number of hydrogen-bond acceptors (Lipinski definition) is 6. The first kappa shape index (κ1) is 21.9. The first-order chi connectivity index (χ1) is 14.6. The van der Waals surface area contributed by atoms with Crippen molar-refractivity contribution in [2.24, 2.45) is 5.10 Å². The second-order valence-electron chi connectivity index (χ2n) is 5.87. The highest BCUT2D eigenvalue weighted by atomic mass is 35.5. The number of ether oxygens (including phenoxy) is 1. The first-order valence-corrected chi connectivity index (χ1v) is 10.6. The van der Waals surface area contributed by atoms with Gasteiger partial charge in [0.25, 0.3) is 0 Å². The Hall–Kier alpha value is -2.84. The molecule has 1 aliphatic heterocycles. The van der Waals surface area contributed by atoms with Gasteiger partial charge < -0.3 is 4.74 Å². The minimum absolute atomic E-state index is 0.0660. The molecule has 0 radical (unpaired) electrons. The number of methoxy groups -OCH3 is 1. The van der Waals surface area contributed by atoms with Gasteiger partial charge in [-0.2, -0.15) is 5.10 Å². The van der Waals surface area contributed by atoms with Crippen molar-refractivity contribution in [3.05, 3.63) is 77.5 Å². The fraction of sp³-hybridized carbons (Fsp3) is 0.190. The Labute approximate surface area is 184 Å². The summed E-state index contributed by atoms with van der Waals surface area (Å²) in [6, 6.07) is 10.7. The van der Waals surface area contributed by atoms with Crippen LogP contribution < -0.4 is 9.64 Å². The van der Waals surface area contributed by atoms with Crippen LogP contribution >= 0.6 is 23.4 Å². The molecule has 9 heteroatoms. The van der Waals surface area contributed by atoms with E-state index in [1.165, 1.54) is 35.9 Å². The summed E-state index contributed by atoms with van der Waals surface area (Å²) in [6.45, 7) is 8.15. The highest BCUT2D eigenvalue weighted by molar-refractivity contribution is 8.13. The third-order valence-electron chi connectivity index (χ3n) is 4.09. The van der Waals surface area contributed by atoms with Crippen molar-refractivity contribution < 1.29 is 9.13 Å². The minimum atomic E-state index is -0.561. The molecule has 1 aliphatic rings. The Morgan fingerprint density at radius 1 is 1.20 bits per heavy atom. The lowest BCUT2D eigenvalue weighted by Gasteiger charge is -2.30. The molecule has 30 heavy (non-hydrogen) atoms. The maximum atomic E-state index is 14.3. The lowest BCUT2D eigenvalue weighted by atomic mass is 10.2. The normalized spacial score (nSPS) is 12.6. The van der Waals surface area contributed by atoms with E-state index in [1.807, 2.05) is 38.1 Å². The number of anilines is 1. The molecule has 0 bridgehead atoms. The molecule has 6 nitrogen and oxygen atoms in total. The number of thioether (sulfide) groups is 1. The Balaban J connectivity index is 0.00000124. The Morgan fingerprint density at radius 2 is 1.93 bits per heavy atom. The van der Waals surface area contributed by atoms with Gasteiger partial charge in [0.2, 0.25) is 5.88 Å². The zero-order valence-electron chi connectivity index (χ0n) is 16.8. The van der Waals surface area contributed by atoms with Crippen molar-refractivity contribution in [1.82, 2.24) is 14.9 Å². The van der Waals surface area contributed by atoms with E-state index in [2.05, 4.69) is 21.8 Å². The molecule has 0 unspecified atom stereocenters. The molecule has 0 amide bonds. The van der Waals surface area contributed by atoms with E-state index in [4.69, 9.17) is 16.3 Å². The summed E-state index contributed by atoms with van der Waals surface area (Å²) in [7, 11) is 1.37. The molecule has 0 N–H and O–H groups in total. The van der Waals surface area contributed by atoms with Crippen LogP contribution in [0.2, 0.25) is 5.02 Å². The standard InChI is InChI=1S/C19H15ClFN5OS.C2H6/c1-12-17-7-8-23-26(17)24-19(28-11-13-3-5-14(20)6-4-13)25(12)15-9-16(21)18(27-2)22-10-15;1-2/h3-10H,1,11H2,2H3;1-2H3. The van der Waals surface area contributed by atoms with Gasteiger partial charge in [-0.3, -0.25) is 4.90 Å². The summed E-state index contributed by atoms with van der Waals surface area (Å²) in [5, 5.41) is 10.0. The predicted octanol–water partition coefficient (Wildman–Crippen LogP) is 5.65. The van der Waals surface area contributed by atoms with Gasteiger partial charge in [-0.1, -0.05) is 55.9 Å². The molecule has 4 rings (SSSR count).